The van der Waals surface area contributed by atoms with Gasteiger partial charge in [0.05, 0.1) is 10.7 Å². The number of carbonyl (C=O) groups excluding carboxylic acids is 1. The van der Waals surface area contributed by atoms with Gasteiger partial charge in [0.2, 0.25) is 5.91 Å². The van der Waals surface area contributed by atoms with Crippen molar-refractivity contribution in [2.75, 3.05) is 5.32 Å². The topological polar surface area (TPSA) is 56.2 Å². The van der Waals surface area contributed by atoms with Gasteiger partial charge in [-0.25, -0.2) is 8.78 Å². The summed E-state index contributed by atoms with van der Waals surface area (Å²) in [6, 6.07) is 5.04. The van der Waals surface area contributed by atoms with Crippen molar-refractivity contribution in [2.45, 2.75) is 38.3 Å². The number of alkyl halides is 4. The minimum Gasteiger partial charge on any atom is -0.433 e. The highest BCUT2D eigenvalue weighted by molar-refractivity contribution is 6.32. The zero-order chi connectivity index (χ0) is 18.8. The van der Waals surface area contributed by atoms with E-state index in [9.17, 15) is 22.4 Å². The predicted molar refractivity (Wildman–Crippen MR) is 85.9 cm³/mol. The zero-order valence-electron chi connectivity index (χ0n) is 13.3. The highest BCUT2D eigenvalue weighted by Gasteiger charge is 2.29. The van der Waals surface area contributed by atoms with Crippen molar-refractivity contribution in [3.05, 3.63) is 40.7 Å². The van der Waals surface area contributed by atoms with Crippen LogP contribution in [0, 0.1) is 0 Å². The Morgan fingerprint density at radius 2 is 2.04 bits per heavy atom. The lowest BCUT2D eigenvalue weighted by Crippen LogP contribution is -2.21. The minimum absolute atomic E-state index is 0.119. The summed E-state index contributed by atoms with van der Waals surface area (Å²) < 4.78 is 55.8. The number of amides is 1. The maximum absolute atomic E-state index is 13.1. The van der Waals surface area contributed by atoms with Crippen molar-refractivity contribution in [3.8, 4) is 5.75 Å². The third-order valence-corrected chi connectivity index (χ3v) is 4.07. The van der Waals surface area contributed by atoms with Crippen LogP contribution in [-0.4, -0.2) is 22.3 Å². The maximum Gasteiger partial charge on any atom is 0.387 e. The summed E-state index contributed by atoms with van der Waals surface area (Å²) in [5.41, 5.74) is 0.459. The lowest BCUT2D eigenvalue weighted by Gasteiger charge is -2.10. The molecule has 1 aromatic carbocycles. The lowest BCUT2D eigenvalue weighted by molar-refractivity contribution is -0.117. The number of aromatic nitrogens is 2. The fourth-order valence-corrected chi connectivity index (χ4v) is 2.66. The highest BCUT2D eigenvalue weighted by Crippen LogP contribution is 2.40. The molecular formula is C16H14ClF4N3O2. The number of hydrogen-bond donors (Lipinski definition) is 1. The Morgan fingerprint density at radius 1 is 1.31 bits per heavy atom. The van der Waals surface area contributed by atoms with Gasteiger partial charge in [0.15, 0.2) is 0 Å². The number of hydrogen-bond acceptors (Lipinski definition) is 3. The van der Waals surface area contributed by atoms with Crippen molar-refractivity contribution < 1.29 is 27.1 Å². The smallest absolute Gasteiger partial charge is 0.387 e. The molecule has 0 saturated heterocycles. The first-order chi connectivity index (χ1) is 12.3. The molecule has 1 aromatic heterocycles. The Kier molecular flexibility index (Phi) is 5.36. The number of ether oxygens (including phenoxy) is 1. The van der Waals surface area contributed by atoms with Crippen molar-refractivity contribution in [1.29, 1.82) is 0 Å². The fraction of sp³-hybridized carbons (Fsp3) is 0.375. The zero-order valence-corrected chi connectivity index (χ0v) is 14.0. The third kappa shape index (κ3) is 4.46. The predicted octanol–water partition coefficient (Wildman–Crippen LogP) is 4.59. The number of rotatable bonds is 7. The summed E-state index contributed by atoms with van der Waals surface area (Å²) in [4.78, 5) is 12.1. The van der Waals surface area contributed by atoms with Crippen LogP contribution in [0.15, 0.2) is 24.3 Å². The molecule has 140 valence electrons. The fourth-order valence-electron chi connectivity index (χ4n) is 2.44. The van der Waals surface area contributed by atoms with E-state index in [4.69, 9.17) is 11.6 Å². The number of benzene rings is 1. The van der Waals surface area contributed by atoms with Gasteiger partial charge in [0, 0.05) is 11.6 Å². The molecule has 26 heavy (non-hydrogen) atoms. The van der Waals surface area contributed by atoms with E-state index in [0.717, 1.165) is 17.5 Å². The SMILES string of the molecule is O=C(Cn1nc(C2CC2)cc1C(F)F)Nc1ccc(OC(F)F)c(Cl)c1. The standard InChI is InChI=1S/C16H14ClF4N3O2/c17-10-5-9(3-4-13(10)26-16(20)21)22-14(25)7-24-12(15(18)19)6-11(23-24)8-1-2-8/h3-6,8,15-16H,1-2,7H2,(H,22,25). The first-order valence-corrected chi connectivity index (χ1v) is 8.11. The van der Waals surface area contributed by atoms with Gasteiger partial charge in [-0.05, 0) is 37.1 Å². The minimum atomic E-state index is -3.03. The summed E-state index contributed by atoms with van der Waals surface area (Å²) in [7, 11) is 0. The summed E-state index contributed by atoms with van der Waals surface area (Å²) in [6.07, 6.45) is -0.947. The van der Waals surface area contributed by atoms with E-state index in [1.807, 2.05) is 0 Å². The Balaban J connectivity index is 1.68. The van der Waals surface area contributed by atoms with Gasteiger partial charge in [-0.3, -0.25) is 9.48 Å². The van der Waals surface area contributed by atoms with E-state index >= 15 is 0 Å². The molecular weight excluding hydrogens is 378 g/mol. The summed E-state index contributed by atoms with van der Waals surface area (Å²) in [5, 5.41) is 6.43. The molecule has 1 N–H and O–H groups in total. The average Bonchev–Trinajstić information content (AvgIpc) is 3.31. The lowest BCUT2D eigenvalue weighted by atomic mass is 10.3. The average molecular weight is 392 g/mol. The van der Waals surface area contributed by atoms with Crippen LogP contribution >= 0.6 is 11.6 Å². The van der Waals surface area contributed by atoms with Crippen LogP contribution in [-0.2, 0) is 11.3 Å². The Hall–Kier alpha value is -2.29. The molecule has 0 atom stereocenters. The van der Waals surface area contributed by atoms with Gasteiger partial charge < -0.3 is 10.1 Å². The van der Waals surface area contributed by atoms with Crippen LogP contribution in [0.25, 0.3) is 0 Å². The Labute approximate surface area is 150 Å². The monoisotopic (exact) mass is 391 g/mol. The second kappa shape index (κ2) is 7.53. The van der Waals surface area contributed by atoms with Crippen molar-refractivity contribution in [2.24, 2.45) is 0 Å². The number of carbonyl (C=O) groups is 1. The molecule has 1 amide bonds. The second-order valence-electron chi connectivity index (χ2n) is 5.80. The first kappa shape index (κ1) is 18.5. The van der Waals surface area contributed by atoms with Gasteiger partial charge in [-0.15, -0.1) is 0 Å². The maximum atomic E-state index is 13.1. The first-order valence-electron chi connectivity index (χ1n) is 7.73. The van der Waals surface area contributed by atoms with Crippen LogP contribution in [0.5, 0.6) is 5.75 Å². The van der Waals surface area contributed by atoms with E-state index < -0.39 is 25.5 Å². The van der Waals surface area contributed by atoms with Crippen LogP contribution < -0.4 is 10.1 Å². The molecule has 0 unspecified atom stereocenters. The Bertz CT molecular complexity index is 809. The highest BCUT2D eigenvalue weighted by atomic mass is 35.5. The molecule has 0 aliphatic heterocycles. The van der Waals surface area contributed by atoms with Gasteiger partial charge in [-0.1, -0.05) is 11.6 Å². The van der Waals surface area contributed by atoms with Crippen LogP contribution in [0.4, 0.5) is 23.2 Å². The van der Waals surface area contributed by atoms with Crippen molar-refractivity contribution in [1.82, 2.24) is 9.78 Å². The molecule has 1 saturated carbocycles. The normalized spacial score (nSPS) is 14.1. The largest absolute Gasteiger partial charge is 0.433 e. The summed E-state index contributed by atoms with van der Waals surface area (Å²) >= 11 is 5.80. The molecule has 1 aliphatic carbocycles. The van der Waals surface area contributed by atoms with Gasteiger partial charge in [0.25, 0.3) is 6.43 Å². The summed E-state index contributed by atoms with van der Waals surface area (Å²) in [6.45, 7) is -3.43. The number of nitrogens with one attached hydrogen (secondary N) is 1. The molecule has 5 nitrogen and oxygen atoms in total. The number of anilines is 1. The summed E-state index contributed by atoms with van der Waals surface area (Å²) in [5.74, 6) is -0.658. The van der Waals surface area contributed by atoms with Crippen LogP contribution in [0.2, 0.25) is 5.02 Å². The molecule has 1 fully saturated rings. The van der Waals surface area contributed by atoms with E-state index in [1.165, 1.54) is 24.3 Å². The number of nitrogens with zero attached hydrogens (tertiary/aromatic N) is 2. The third-order valence-electron chi connectivity index (χ3n) is 3.77. The molecule has 3 rings (SSSR count). The molecule has 1 aliphatic rings. The molecule has 10 heteroatoms. The Morgan fingerprint density at radius 3 is 2.62 bits per heavy atom. The van der Waals surface area contributed by atoms with E-state index in [0.29, 0.717) is 5.69 Å². The van der Waals surface area contributed by atoms with Crippen LogP contribution in [0.3, 0.4) is 0 Å². The van der Waals surface area contributed by atoms with Gasteiger partial charge in [-0.2, -0.15) is 13.9 Å². The van der Waals surface area contributed by atoms with Gasteiger partial charge >= 0.3 is 6.61 Å². The molecule has 0 spiro atoms. The van der Waals surface area contributed by atoms with Crippen molar-refractivity contribution in [3.63, 3.8) is 0 Å². The van der Waals surface area contributed by atoms with Crippen LogP contribution in [0.1, 0.15) is 36.6 Å². The van der Waals surface area contributed by atoms with E-state index in [1.54, 1.807) is 0 Å². The molecule has 2 aromatic rings. The van der Waals surface area contributed by atoms with Gasteiger partial charge in [0.1, 0.15) is 18.0 Å². The molecule has 0 radical (unpaired) electrons. The van der Waals surface area contributed by atoms with E-state index in [2.05, 4.69) is 15.2 Å². The van der Waals surface area contributed by atoms with E-state index in [-0.39, 0.29) is 28.1 Å². The van der Waals surface area contributed by atoms with Crippen molar-refractivity contribution >= 4 is 23.2 Å². The quantitative estimate of drug-likeness (QED) is 0.702. The second-order valence-corrected chi connectivity index (χ2v) is 6.21. The number of halogens is 5. The molecule has 1 heterocycles. The molecule has 0 bridgehead atoms.